The van der Waals surface area contributed by atoms with Gasteiger partial charge in [0.15, 0.2) is 11.5 Å². The van der Waals surface area contributed by atoms with Crippen molar-refractivity contribution in [3.05, 3.63) is 59.2 Å². The molecule has 1 fully saturated rings. The summed E-state index contributed by atoms with van der Waals surface area (Å²) in [5.74, 6) is 1.03. The maximum Gasteiger partial charge on any atom is 0.410 e. The van der Waals surface area contributed by atoms with E-state index in [-0.39, 0.29) is 25.9 Å². The summed E-state index contributed by atoms with van der Waals surface area (Å²) in [6.45, 7) is 0.719. The lowest BCUT2D eigenvalue weighted by Gasteiger charge is -2.21. The van der Waals surface area contributed by atoms with Crippen LogP contribution in [-0.2, 0) is 22.6 Å². The van der Waals surface area contributed by atoms with E-state index in [0.29, 0.717) is 23.6 Å². The van der Waals surface area contributed by atoms with Crippen molar-refractivity contribution in [1.29, 1.82) is 5.26 Å². The molecule has 0 spiro atoms. The maximum atomic E-state index is 12.6. The van der Waals surface area contributed by atoms with Crippen molar-refractivity contribution >= 4 is 12.0 Å². The second kappa shape index (κ2) is 7.48. The minimum absolute atomic E-state index is 0.00207. The SMILES string of the molecule is N#Cc1ccc(CN2C(=O)OC[C@H]2C(=O)NCc2ccc3c(c2)OCO3)cc1. The number of ether oxygens (including phenoxy) is 3. The van der Waals surface area contributed by atoms with Crippen molar-refractivity contribution in [1.82, 2.24) is 10.2 Å². The molecule has 1 N–H and O–H groups in total. The van der Waals surface area contributed by atoms with E-state index in [9.17, 15) is 9.59 Å². The Balaban J connectivity index is 1.39. The molecule has 0 bridgehead atoms. The number of amides is 2. The summed E-state index contributed by atoms with van der Waals surface area (Å²) in [7, 11) is 0. The summed E-state index contributed by atoms with van der Waals surface area (Å²) in [6, 6.07) is 13.6. The number of nitrogens with zero attached hydrogens (tertiary/aromatic N) is 2. The number of hydrogen-bond acceptors (Lipinski definition) is 6. The topological polar surface area (TPSA) is 101 Å². The molecule has 8 heteroatoms. The molecule has 1 saturated heterocycles. The molecular formula is C20H17N3O5. The van der Waals surface area contributed by atoms with Crippen molar-refractivity contribution in [2.75, 3.05) is 13.4 Å². The minimum Gasteiger partial charge on any atom is -0.454 e. The smallest absolute Gasteiger partial charge is 0.410 e. The zero-order valence-electron chi connectivity index (χ0n) is 14.9. The van der Waals surface area contributed by atoms with Crippen molar-refractivity contribution in [2.45, 2.75) is 19.1 Å². The van der Waals surface area contributed by atoms with Crippen molar-refractivity contribution in [3.8, 4) is 17.6 Å². The number of benzene rings is 2. The Morgan fingerprint density at radius 1 is 1.11 bits per heavy atom. The summed E-state index contributed by atoms with van der Waals surface area (Å²) in [4.78, 5) is 26.1. The number of carbonyl (C=O) groups excluding carboxylic acids is 2. The van der Waals surface area contributed by atoms with Gasteiger partial charge in [0.05, 0.1) is 18.2 Å². The molecule has 2 aromatic rings. The molecule has 0 radical (unpaired) electrons. The summed E-state index contributed by atoms with van der Waals surface area (Å²) in [5, 5.41) is 11.7. The molecule has 28 heavy (non-hydrogen) atoms. The highest BCUT2D eigenvalue weighted by atomic mass is 16.7. The number of nitriles is 1. The van der Waals surface area contributed by atoms with Crippen LogP contribution in [0.3, 0.4) is 0 Å². The summed E-state index contributed by atoms with van der Waals surface area (Å²) in [6.07, 6.45) is -0.535. The maximum absolute atomic E-state index is 12.6. The first-order valence-corrected chi connectivity index (χ1v) is 8.73. The molecule has 2 heterocycles. The van der Waals surface area contributed by atoms with Crippen LogP contribution >= 0.6 is 0 Å². The minimum atomic E-state index is -0.711. The molecule has 2 aliphatic heterocycles. The average Bonchev–Trinajstić information content (AvgIpc) is 3.33. The molecule has 4 rings (SSSR count). The summed E-state index contributed by atoms with van der Waals surface area (Å²) >= 11 is 0. The third-order valence-electron chi connectivity index (χ3n) is 4.62. The Labute approximate surface area is 161 Å². The van der Waals surface area contributed by atoms with Gasteiger partial charge in [-0.2, -0.15) is 5.26 Å². The van der Waals surface area contributed by atoms with Crippen LogP contribution in [0.25, 0.3) is 0 Å². The lowest BCUT2D eigenvalue weighted by molar-refractivity contribution is -0.125. The number of fused-ring (bicyclic) bond motifs is 1. The van der Waals surface area contributed by atoms with Gasteiger partial charge in [-0.15, -0.1) is 0 Å². The molecule has 8 nitrogen and oxygen atoms in total. The lowest BCUT2D eigenvalue weighted by Crippen LogP contribution is -2.45. The third kappa shape index (κ3) is 3.55. The average molecular weight is 379 g/mol. The Kier molecular flexibility index (Phi) is 4.72. The fourth-order valence-electron chi connectivity index (χ4n) is 3.08. The molecule has 2 aromatic carbocycles. The van der Waals surface area contributed by atoms with E-state index in [4.69, 9.17) is 19.5 Å². The predicted molar refractivity (Wildman–Crippen MR) is 96.2 cm³/mol. The number of rotatable bonds is 5. The van der Waals surface area contributed by atoms with Crippen LogP contribution in [0.15, 0.2) is 42.5 Å². The molecule has 0 unspecified atom stereocenters. The Hall–Kier alpha value is -3.73. The van der Waals surface area contributed by atoms with Gasteiger partial charge >= 0.3 is 6.09 Å². The van der Waals surface area contributed by atoms with Gasteiger partial charge in [0, 0.05) is 6.54 Å². The summed E-state index contributed by atoms with van der Waals surface area (Å²) in [5.41, 5.74) is 2.21. The van der Waals surface area contributed by atoms with E-state index >= 15 is 0 Å². The van der Waals surface area contributed by atoms with E-state index in [0.717, 1.165) is 11.1 Å². The highest BCUT2D eigenvalue weighted by molar-refractivity contribution is 5.87. The van der Waals surface area contributed by atoms with Gasteiger partial charge in [0.2, 0.25) is 12.7 Å². The second-order valence-corrected chi connectivity index (χ2v) is 6.43. The first-order valence-electron chi connectivity index (χ1n) is 8.73. The molecule has 0 aliphatic carbocycles. The van der Waals surface area contributed by atoms with E-state index in [2.05, 4.69) is 5.32 Å². The Morgan fingerprint density at radius 3 is 2.64 bits per heavy atom. The molecule has 142 valence electrons. The molecule has 1 atom stereocenters. The van der Waals surface area contributed by atoms with Crippen molar-refractivity contribution in [3.63, 3.8) is 0 Å². The Morgan fingerprint density at radius 2 is 1.86 bits per heavy atom. The standard InChI is InChI=1S/C20H17N3O5/c21-8-13-1-3-14(4-2-13)10-23-16(11-26-20(23)25)19(24)22-9-15-5-6-17-18(7-15)28-12-27-17/h1-7,16H,9-12H2,(H,22,24)/t16-/m0/s1. The zero-order valence-corrected chi connectivity index (χ0v) is 14.9. The van der Waals surface area contributed by atoms with Gasteiger partial charge in [-0.05, 0) is 35.4 Å². The monoisotopic (exact) mass is 379 g/mol. The highest BCUT2D eigenvalue weighted by Crippen LogP contribution is 2.32. The van der Waals surface area contributed by atoms with E-state index in [1.807, 2.05) is 18.2 Å². The summed E-state index contributed by atoms with van der Waals surface area (Å²) < 4.78 is 15.7. The molecule has 2 amide bonds. The quantitative estimate of drug-likeness (QED) is 0.852. The molecule has 2 aliphatic rings. The van der Waals surface area contributed by atoms with Crippen LogP contribution in [0.2, 0.25) is 0 Å². The van der Waals surface area contributed by atoms with E-state index in [1.165, 1.54) is 4.90 Å². The van der Waals surface area contributed by atoms with Gasteiger partial charge in [0.1, 0.15) is 12.6 Å². The third-order valence-corrected chi connectivity index (χ3v) is 4.62. The first-order chi connectivity index (χ1) is 13.6. The van der Waals surface area contributed by atoms with Crippen LogP contribution < -0.4 is 14.8 Å². The zero-order chi connectivity index (χ0) is 19.5. The van der Waals surface area contributed by atoms with Crippen LogP contribution in [-0.4, -0.2) is 36.3 Å². The number of cyclic esters (lactones) is 1. The fourth-order valence-corrected chi connectivity index (χ4v) is 3.08. The van der Waals surface area contributed by atoms with Crippen LogP contribution in [0.1, 0.15) is 16.7 Å². The van der Waals surface area contributed by atoms with Crippen LogP contribution in [0, 0.1) is 11.3 Å². The molecule has 0 saturated carbocycles. The number of nitrogens with one attached hydrogen (secondary N) is 1. The largest absolute Gasteiger partial charge is 0.454 e. The van der Waals surface area contributed by atoms with Gasteiger partial charge in [-0.1, -0.05) is 18.2 Å². The van der Waals surface area contributed by atoms with Gasteiger partial charge < -0.3 is 19.5 Å². The first kappa shape index (κ1) is 17.7. The number of hydrogen-bond donors (Lipinski definition) is 1. The molecule has 0 aromatic heterocycles. The van der Waals surface area contributed by atoms with E-state index in [1.54, 1.807) is 30.3 Å². The number of carbonyl (C=O) groups is 2. The fraction of sp³-hybridized carbons (Fsp3) is 0.250. The molecular weight excluding hydrogens is 362 g/mol. The van der Waals surface area contributed by atoms with Gasteiger partial charge in [0.25, 0.3) is 0 Å². The second-order valence-electron chi connectivity index (χ2n) is 6.43. The van der Waals surface area contributed by atoms with Crippen LogP contribution in [0.4, 0.5) is 4.79 Å². The lowest BCUT2D eigenvalue weighted by atomic mass is 10.1. The van der Waals surface area contributed by atoms with Crippen molar-refractivity contribution in [2.24, 2.45) is 0 Å². The van der Waals surface area contributed by atoms with E-state index < -0.39 is 12.1 Å². The van der Waals surface area contributed by atoms with Crippen molar-refractivity contribution < 1.29 is 23.8 Å². The highest BCUT2D eigenvalue weighted by Gasteiger charge is 2.37. The van der Waals surface area contributed by atoms with Gasteiger partial charge in [-0.25, -0.2) is 4.79 Å². The van der Waals surface area contributed by atoms with Crippen LogP contribution in [0.5, 0.6) is 11.5 Å². The predicted octanol–water partition coefficient (Wildman–Crippen LogP) is 1.92. The normalized spacial score (nSPS) is 17.2. The Bertz CT molecular complexity index is 951. The van der Waals surface area contributed by atoms with Gasteiger partial charge in [-0.3, -0.25) is 9.69 Å².